The van der Waals surface area contributed by atoms with E-state index in [1.807, 2.05) is 7.05 Å². The number of aliphatic hydroxyl groups is 1. The molecule has 1 fully saturated rings. The van der Waals surface area contributed by atoms with Crippen LogP contribution in [0.5, 0.6) is 0 Å². The molecule has 2 amide bonds. The van der Waals surface area contributed by atoms with Gasteiger partial charge >= 0.3 is 12.0 Å². The summed E-state index contributed by atoms with van der Waals surface area (Å²) in [5, 5.41) is 22.7. The minimum Gasteiger partial charge on any atom is -0.479 e. The molecule has 0 aliphatic carbocycles. The lowest BCUT2D eigenvalue weighted by Gasteiger charge is -2.14. The zero-order chi connectivity index (χ0) is 12.8. The normalized spacial score (nSPS) is 22.1. The van der Waals surface area contributed by atoms with Gasteiger partial charge in [0.1, 0.15) is 0 Å². The van der Waals surface area contributed by atoms with E-state index >= 15 is 0 Å². The first-order valence-corrected chi connectivity index (χ1v) is 5.63. The SMILES string of the molecule is CN1CCC(NC(=O)NCC[C@H](O)C(=O)O)C1. The van der Waals surface area contributed by atoms with Gasteiger partial charge in [-0.25, -0.2) is 9.59 Å². The highest BCUT2D eigenvalue weighted by atomic mass is 16.4. The molecule has 0 bridgehead atoms. The van der Waals surface area contributed by atoms with Gasteiger partial charge in [0.05, 0.1) is 0 Å². The minimum absolute atomic E-state index is 0.00726. The van der Waals surface area contributed by atoms with Crippen LogP contribution in [0.2, 0.25) is 0 Å². The van der Waals surface area contributed by atoms with Crippen molar-refractivity contribution in [3.63, 3.8) is 0 Å². The number of carbonyl (C=O) groups excluding carboxylic acids is 1. The van der Waals surface area contributed by atoms with Crippen molar-refractivity contribution in [3.05, 3.63) is 0 Å². The van der Waals surface area contributed by atoms with Crippen molar-refractivity contribution in [3.8, 4) is 0 Å². The van der Waals surface area contributed by atoms with E-state index in [9.17, 15) is 9.59 Å². The fraction of sp³-hybridized carbons (Fsp3) is 0.800. The summed E-state index contributed by atoms with van der Waals surface area (Å²) < 4.78 is 0. The number of nitrogens with one attached hydrogen (secondary N) is 2. The summed E-state index contributed by atoms with van der Waals surface area (Å²) >= 11 is 0. The average molecular weight is 245 g/mol. The lowest BCUT2D eigenvalue weighted by Crippen LogP contribution is -2.44. The van der Waals surface area contributed by atoms with Gasteiger partial charge in [-0.05, 0) is 20.0 Å². The number of carbonyl (C=O) groups is 2. The smallest absolute Gasteiger partial charge is 0.332 e. The van der Waals surface area contributed by atoms with Crippen molar-refractivity contribution in [1.82, 2.24) is 15.5 Å². The Morgan fingerprint density at radius 1 is 1.53 bits per heavy atom. The number of hydrogen-bond acceptors (Lipinski definition) is 4. The molecule has 0 saturated carbocycles. The van der Waals surface area contributed by atoms with Gasteiger partial charge in [0.15, 0.2) is 6.10 Å². The van der Waals surface area contributed by atoms with Gasteiger partial charge in [0.2, 0.25) is 0 Å². The van der Waals surface area contributed by atoms with E-state index in [2.05, 4.69) is 15.5 Å². The van der Waals surface area contributed by atoms with Crippen LogP contribution >= 0.6 is 0 Å². The standard InChI is InChI=1S/C10H19N3O4/c1-13-5-3-7(6-13)12-10(17)11-4-2-8(14)9(15)16/h7-8,14H,2-6H2,1H3,(H,15,16)(H2,11,12,17)/t7?,8-/m0/s1. The van der Waals surface area contributed by atoms with Crippen LogP contribution in [-0.4, -0.2) is 65.9 Å². The van der Waals surface area contributed by atoms with Crippen molar-refractivity contribution in [2.75, 3.05) is 26.7 Å². The third-order valence-corrected chi connectivity index (χ3v) is 2.71. The molecule has 1 saturated heterocycles. The first-order chi connectivity index (χ1) is 7.99. The molecule has 0 spiro atoms. The number of urea groups is 1. The quantitative estimate of drug-likeness (QED) is 0.488. The van der Waals surface area contributed by atoms with Crippen molar-refractivity contribution < 1.29 is 19.8 Å². The van der Waals surface area contributed by atoms with Crippen LogP contribution in [0, 0.1) is 0 Å². The summed E-state index contributed by atoms with van der Waals surface area (Å²) in [4.78, 5) is 23.8. The maximum absolute atomic E-state index is 11.4. The second-order valence-electron chi connectivity index (χ2n) is 4.29. The molecular weight excluding hydrogens is 226 g/mol. The lowest BCUT2D eigenvalue weighted by atomic mass is 10.2. The van der Waals surface area contributed by atoms with E-state index in [1.54, 1.807) is 0 Å². The van der Waals surface area contributed by atoms with Crippen LogP contribution < -0.4 is 10.6 Å². The van der Waals surface area contributed by atoms with Crippen LogP contribution in [-0.2, 0) is 4.79 Å². The molecule has 0 radical (unpaired) electrons. The molecule has 98 valence electrons. The molecule has 7 heteroatoms. The highest BCUT2D eigenvalue weighted by Crippen LogP contribution is 2.05. The van der Waals surface area contributed by atoms with Crippen LogP contribution in [0.3, 0.4) is 0 Å². The number of likely N-dealkylation sites (tertiary alicyclic amines) is 1. The van der Waals surface area contributed by atoms with E-state index in [4.69, 9.17) is 10.2 Å². The molecule has 1 unspecified atom stereocenters. The highest BCUT2D eigenvalue weighted by molar-refractivity contribution is 5.74. The number of nitrogens with zero attached hydrogens (tertiary/aromatic N) is 1. The van der Waals surface area contributed by atoms with Crippen LogP contribution in [0.1, 0.15) is 12.8 Å². The Bertz CT molecular complexity index is 285. The Morgan fingerprint density at radius 3 is 2.76 bits per heavy atom. The van der Waals surface area contributed by atoms with Crippen molar-refractivity contribution in [2.24, 2.45) is 0 Å². The first kappa shape index (κ1) is 13.7. The number of hydrogen-bond donors (Lipinski definition) is 4. The Labute approximate surface area is 99.8 Å². The number of likely N-dealkylation sites (N-methyl/N-ethyl adjacent to an activating group) is 1. The maximum atomic E-state index is 11.4. The number of carboxylic acid groups (broad SMARTS) is 1. The number of aliphatic carboxylic acids is 1. The number of amides is 2. The second-order valence-corrected chi connectivity index (χ2v) is 4.29. The van der Waals surface area contributed by atoms with Gasteiger partial charge in [-0.1, -0.05) is 0 Å². The summed E-state index contributed by atoms with van der Waals surface area (Å²) in [5.74, 6) is -1.27. The molecule has 0 aromatic heterocycles. The summed E-state index contributed by atoms with van der Waals surface area (Å²) in [6, 6.07) is -0.174. The zero-order valence-corrected chi connectivity index (χ0v) is 9.85. The van der Waals surface area contributed by atoms with Gasteiger partial charge in [0, 0.05) is 25.6 Å². The predicted molar refractivity (Wildman–Crippen MR) is 60.7 cm³/mol. The fourth-order valence-corrected chi connectivity index (χ4v) is 1.74. The number of carboxylic acids is 1. The molecule has 1 heterocycles. The van der Waals surface area contributed by atoms with Crippen molar-refractivity contribution >= 4 is 12.0 Å². The number of aliphatic hydroxyl groups excluding tert-OH is 1. The molecule has 0 aromatic carbocycles. The molecule has 1 rings (SSSR count). The van der Waals surface area contributed by atoms with Gasteiger partial charge in [-0.2, -0.15) is 0 Å². The lowest BCUT2D eigenvalue weighted by molar-refractivity contribution is -0.146. The van der Waals surface area contributed by atoms with Crippen LogP contribution in [0.4, 0.5) is 4.79 Å². The summed E-state index contributed by atoms with van der Waals surface area (Å²) in [6.07, 6.45) is -0.498. The third kappa shape index (κ3) is 5.01. The summed E-state index contributed by atoms with van der Waals surface area (Å²) in [5.41, 5.74) is 0. The van der Waals surface area contributed by atoms with Gasteiger partial charge in [-0.3, -0.25) is 0 Å². The second kappa shape index (κ2) is 6.41. The van der Waals surface area contributed by atoms with Crippen molar-refractivity contribution in [1.29, 1.82) is 0 Å². The molecular formula is C10H19N3O4. The van der Waals surface area contributed by atoms with Gasteiger partial charge in [0.25, 0.3) is 0 Å². The molecule has 1 aliphatic rings. The largest absolute Gasteiger partial charge is 0.479 e. The monoisotopic (exact) mass is 245 g/mol. The topological polar surface area (TPSA) is 102 Å². The Balaban J connectivity index is 2.11. The van der Waals surface area contributed by atoms with E-state index in [0.717, 1.165) is 19.5 Å². The molecule has 7 nitrogen and oxygen atoms in total. The van der Waals surface area contributed by atoms with Gasteiger partial charge in [-0.15, -0.1) is 0 Å². The Morgan fingerprint density at radius 2 is 2.24 bits per heavy atom. The molecule has 2 atom stereocenters. The number of rotatable bonds is 5. The minimum atomic E-state index is -1.42. The molecule has 1 aliphatic heterocycles. The first-order valence-electron chi connectivity index (χ1n) is 5.63. The average Bonchev–Trinajstić information content (AvgIpc) is 2.63. The van der Waals surface area contributed by atoms with Gasteiger partial charge < -0.3 is 25.7 Å². The predicted octanol–water partition coefficient (Wildman–Crippen LogP) is -1.17. The fourth-order valence-electron chi connectivity index (χ4n) is 1.74. The van der Waals surface area contributed by atoms with Crippen LogP contribution in [0.15, 0.2) is 0 Å². The highest BCUT2D eigenvalue weighted by Gasteiger charge is 2.21. The molecule has 4 N–H and O–H groups in total. The zero-order valence-electron chi connectivity index (χ0n) is 9.85. The molecule has 0 aromatic rings. The van der Waals surface area contributed by atoms with E-state index < -0.39 is 12.1 Å². The summed E-state index contributed by atoms with van der Waals surface area (Å²) in [6.45, 7) is 1.93. The summed E-state index contributed by atoms with van der Waals surface area (Å²) in [7, 11) is 1.99. The third-order valence-electron chi connectivity index (χ3n) is 2.71. The van der Waals surface area contributed by atoms with E-state index in [-0.39, 0.29) is 25.0 Å². The van der Waals surface area contributed by atoms with E-state index in [0.29, 0.717) is 0 Å². The Hall–Kier alpha value is -1.34. The van der Waals surface area contributed by atoms with Crippen LogP contribution in [0.25, 0.3) is 0 Å². The Kier molecular flexibility index (Phi) is 5.17. The van der Waals surface area contributed by atoms with E-state index in [1.165, 1.54) is 0 Å². The molecule has 17 heavy (non-hydrogen) atoms. The maximum Gasteiger partial charge on any atom is 0.332 e. The van der Waals surface area contributed by atoms with Crippen molar-refractivity contribution in [2.45, 2.75) is 25.0 Å².